The molecule has 26 heavy (non-hydrogen) atoms. The Kier molecular flexibility index (Phi) is 13.2. The largest absolute Gasteiger partial charge is 0.481 e. The fourth-order valence-electron chi connectivity index (χ4n) is 2.13. The van der Waals surface area contributed by atoms with Crippen molar-refractivity contribution in [2.24, 2.45) is 5.92 Å². The zero-order valence-corrected chi connectivity index (χ0v) is 15.4. The maximum absolute atomic E-state index is 10.1. The number of aliphatic hydroxyl groups is 2. The van der Waals surface area contributed by atoms with E-state index in [0.717, 1.165) is 12.8 Å². The third kappa shape index (κ3) is 12.4. The van der Waals surface area contributed by atoms with E-state index in [0.29, 0.717) is 0 Å². The minimum atomic E-state index is -1.08. The summed E-state index contributed by atoms with van der Waals surface area (Å²) in [7, 11) is 0. The topological polar surface area (TPSA) is 124 Å². The minimum absolute atomic E-state index is 0.0117. The zero-order chi connectivity index (χ0) is 19.9. The van der Waals surface area contributed by atoms with E-state index in [-0.39, 0.29) is 38.1 Å². The van der Waals surface area contributed by atoms with Gasteiger partial charge in [0.1, 0.15) is 0 Å². The van der Waals surface area contributed by atoms with Crippen LogP contribution < -0.4 is 0 Å². The number of carboxylic acids is 2. The molecule has 1 aromatic carbocycles. The van der Waals surface area contributed by atoms with Crippen molar-refractivity contribution in [3.63, 3.8) is 0 Å². The Balaban J connectivity index is 0.000000660. The standard InChI is InChI=1S/C15H24O3.C4H6O4/c1-3-14(9-13-7-5-4-6-8-13)15(17)11-18-12(2)10-16;5-3(6)1-2-4(7)8/h4-8,12,14-17H,3,9-11H2,1-2H3;1-2H2,(H,5,6)(H,7,8). The Morgan fingerprint density at radius 3 is 2.04 bits per heavy atom. The maximum atomic E-state index is 10.1. The van der Waals surface area contributed by atoms with Gasteiger partial charge in [-0.2, -0.15) is 0 Å². The zero-order valence-electron chi connectivity index (χ0n) is 15.4. The molecule has 7 nitrogen and oxygen atoms in total. The highest BCUT2D eigenvalue weighted by molar-refractivity contribution is 5.75. The summed E-state index contributed by atoms with van der Waals surface area (Å²) < 4.78 is 5.37. The molecule has 0 radical (unpaired) electrons. The van der Waals surface area contributed by atoms with Gasteiger partial charge in [0.25, 0.3) is 0 Å². The molecule has 0 spiro atoms. The van der Waals surface area contributed by atoms with Crippen molar-refractivity contribution in [1.82, 2.24) is 0 Å². The van der Waals surface area contributed by atoms with Crippen molar-refractivity contribution in [2.75, 3.05) is 13.2 Å². The molecule has 0 aliphatic rings. The molecule has 4 N–H and O–H groups in total. The number of ether oxygens (including phenoxy) is 1. The molecule has 3 atom stereocenters. The van der Waals surface area contributed by atoms with Crippen molar-refractivity contribution in [2.45, 2.75) is 51.7 Å². The number of rotatable bonds is 11. The molecule has 1 rings (SSSR count). The van der Waals surface area contributed by atoms with Crippen LogP contribution in [-0.4, -0.2) is 57.8 Å². The second-order valence-corrected chi connectivity index (χ2v) is 6.04. The average Bonchev–Trinajstić information content (AvgIpc) is 2.63. The summed E-state index contributed by atoms with van der Waals surface area (Å²) in [6.45, 7) is 4.15. The molecule has 0 bridgehead atoms. The summed E-state index contributed by atoms with van der Waals surface area (Å²) >= 11 is 0. The first-order valence-corrected chi connectivity index (χ1v) is 8.68. The predicted molar refractivity (Wildman–Crippen MR) is 96.9 cm³/mol. The van der Waals surface area contributed by atoms with E-state index in [4.69, 9.17) is 20.1 Å². The monoisotopic (exact) mass is 370 g/mol. The number of hydrogen-bond acceptors (Lipinski definition) is 5. The lowest BCUT2D eigenvalue weighted by molar-refractivity contribution is -0.143. The van der Waals surface area contributed by atoms with Crippen LogP contribution in [0.5, 0.6) is 0 Å². The minimum Gasteiger partial charge on any atom is -0.481 e. The lowest BCUT2D eigenvalue weighted by Crippen LogP contribution is -2.29. The van der Waals surface area contributed by atoms with Gasteiger partial charge in [0, 0.05) is 0 Å². The van der Waals surface area contributed by atoms with Gasteiger partial charge in [0.05, 0.1) is 38.3 Å². The van der Waals surface area contributed by atoms with Crippen molar-refractivity contribution in [3.8, 4) is 0 Å². The van der Waals surface area contributed by atoms with Crippen molar-refractivity contribution >= 4 is 11.9 Å². The number of hydrogen-bond donors (Lipinski definition) is 4. The number of benzene rings is 1. The van der Waals surface area contributed by atoms with E-state index in [2.05, 4.69) is 19.1 Å². The first-order chi connectivity index (χ1) is 12.3. The average molecular weight is 370 g/mol. The molecule has 0 fully saturated rings. The molecule has 0 amide bonds. The SMILES string of the molecule is CCC(Cc1ccccc1)C(O)COC(C)CO.O=C(O)CCC(=O)O. The Hall–Kier alpha value is -1.96. The summed E-state index contributed by atoms with van der Waals surface area (Å²) in [6, 6.07) is 10.2. The molecular weight excluding hydrogens is 340 g/mol. The van der Waals surface area contributed by atoms with E-state index in [9.17, 15) is 14.7 Å². The van der Waals surface area contributed by atoms with Crippen molar-refractivity contribution in [1.29, 1.82) is 0 Å². The molecule has 0 aliphatic heterocycles. The van der Waals surface area contributed by atoms with Crippen LogP contribution in [0.15, 0.2) is 30.3 Å². The molecular formula is C19H30O7. The van der Waals surface area contributed by atoms with E-state index in [1.807, 2.05) is 18.2 Å². The van der Waals surface area contributed by atoms with Crippen molar-refractivity contribution < 1.29 is 34.8 Å². The summed E-state index contributed by atoms with van der Waals surface area (Å²) in [5.74, 6) is -1.96. The van der Waals surface area contributed by atoms with Gasteiger partial charge < -0.3 is 25.2 Å². The summed E-state index contributed by atoms with van der Waals surface area (Å²) in [4.78, 5) is 19.3. The number of carboxylic acid groups (broad SMARTS) is 2. The number of carbonyl (C=O) groups is 2. The number of aliphatic carboxylic acids is 2. The lowest BCUT2D eigenvalue weighted by atomic mass is 9.92. The van der Waals surface area contributed by atoms with Crippen LogP contribution in [-0.2, 0) is 20.7 Å². The Labute approximate surface area is 154 Å². The van der Waals surface area contributed by atoms with E-state index in [1.54, 1.807) is 6.92 Å². The molecule has 0 saturated carbocycles. The van der Waals surface area contributed by atoms with Crippen LogP contribution in [0.3, 0.4) is 0 Å². The fourth-order valence-corrected chi connectivity index (χ4v) is 2.13. The highest BCUT2D eigenvalue weighted by Crippen LogP contribution is 2.16. The van der Waals surface area contributed by atoms with Gasteiger partial charge in [-0.15, -0.1) is 0 Å². The van der Waals surface area contributed by atoms with Gasteiger partial charge in [-0.05, 0) is 24.8 Å². The third-order valence-electron chi connectivity index (χ3n) is 3.77. The Morgan fingerprint density at radius 2 is 1.62 bits per heavy atom. The van der Waals surface area contributed by atoms with Crippen LogP contribution in [0.2, 0.25) is 0 Å². The summed E-state index contributed by atoms with van der Waals surface area (Å²) in [6.07, 6.45) is 0.477. The van der Waals surface area contributed by atoms with Gasteiger partial charge in [-0.3, -0.25) is 9.59 Å². The van der Waals surface area contributed by atoms with Crippen LogP contribution in [0, 0.1) is 5.92 Å². The third-order valence-corrected chi connectivity index (χ3v) is 3.77. The summed E-state index contributed by atoms with van der Waals surface area (Å²) in [5.41, 5.74) is 1.23. The van der Waals surface area contributed by atoms with Crippen molar-refractivity contribution in [3.05, 3.63) is 35.9 Å². The summed E-state index contributed by atoms with van der Waals surface area (Å²) in [5, 5.41) is 34.8. The van der Waals surface area contributed by atoms with E-state index >= 15 is 0 Å². The van der Waals surface area contributed by atoms with Crippen LogP contribution in [0.25, 0.3) is 0 Å². The molecule has 0 aromatic heterocycles. The van der Waals surface area contributed by atoms with Gasteiger partial charge >= 0.3 is 11.9 Å². The molecule has 148 valence electrons. The Bertz CT molecular complexity index is 490. The van der Waals surface area contributed by atoms with Gasteiger partial charge in [0.15, 0.2) is 0 Å². The van der Waals surface area contributed by atoms with Crippen LogP contribution in [0.4, 0.5) is 0 Å². The molecule has 0 saturated heterocycles. The van der Waals surface area contributed by atoms with E-state index < -0.39 is 18.0 Å². The molecule has 7 heteroatoms. The number of aliphatic hydroxyl groups excluding tert-OH is 2. The van der Waals surface area contributed by atoms with E-state index in [1.165, 1.54) is 5.56 Å². The molecule has 1 aromatic rings. The maximum Gasteiger partial charge on any atom is 0.303 e. The highest BCUT2D eigenvalue weighted by Gasteiger charge is 2.19. The molecule has 0 heterocycles. The quantitative estimate of drug-likeness (QED) is 0.469. The Morgan fingerprint density at radius 1 is 1.08 bits per heavy atom. The van der Waals surface area contributed by atoms with Gasteiger partial charge in [-0.25, -0.2) is 0 Å². The second-order valence-electron chi connectivity index (χ2n) is 6.04. The first-order valence-electron chi connectivity index (χ1n) is 8.68. The highest BCUT2D eigenvalue weighted by atomic mass is 16.5. The lowest BCUT2D eigenvalue weighted by Gasteiger charge is -2.23. The first kappa shape index (κ1) is 24.0. The smallest absolute Gasteiger partial charge is 0.303 e. The normalized spacial score (nSPS) is 13.8. The second kappa shape index (κ2) is 14.2. The fraction of sp³-hybridized carbons (Fsp3) is 0.579. The van der Waals surface area contributed by atoms with Crippen LogP contribution in [0.1, 0.15) is 38.7 Å². The molecule has 3 unspecified atom stereocenters. The molecule has 0 aliphatic carbocycles. The van der Waals surface area contributed by atoms with Crippen LogP contribution >= 0.6 is 0 Å². The van der Waals surface area contributed by atoms with Gasteiger partial charge in [0.2, 0.25) is 0 Å². The predicted octanol–water partition coefficient (Wildman–Crippen LogP) is 1.95. The van der Waals surface area contributed by atoms with Gasteiger partial charge in [-0.1, -0.05) is 43.7 Å².